The number of benzene rings is 1. The first-order valence-corrected chi connectivity index (χ1v) is 13.7. The van der Waals surface area contributed by atoms with Crippen molar-refractivity contribution in [2.45, 2.75) is 110 Å². The number of ether oxygens (including phenoxy) is 1. The van der Waals surface area contributed by atoms with Crippen molar-refractivity contribution in [2.24, 2.45) is 17.8 Å². The Morgan fingerprint density at radius 3 is 2.25 bits per heavy atom. The minimum Gasteiger partial charge on any atom is -0.494 e. The number of hydrogen-bond acceptors (Lipinski definition) is 1. The molecule has 0 unspecified atom stereocenters. The molecule has 32 heavy (non-hydrogen) atoms. The predicted molar refractivity (Wildman–Crippen MR) is 138 cm³/mol. The Hall–Kier alpha value is -1.68. The molecule has 0 bridgehead atoms. The van der Waals surface area contributed by atoms with E-state index in [2.05, 4.69) is 62.1 Å². The smallest absolute Gasteiger partial charge is 0.119 e. The van der Waals surface area contributed by atoms with Crippen LogP contribution in [0.1, 0.15) is 115 Å². The van der Waals surface area contributed by atoms with E-state index in [0.717, 1.165) is 30.6 Å². The van der Waals surface area contributed by atoms with Crippen LogP contribution in [0.3, 0.4) is 0 Å². The van der Waals surface area contributed by atoms with Gasteiger partial charge in [-0.25, -0.2) is 0 Å². The molecule has 0 aliphatic heterocycles. The Morgan fingerprint density at radius 1 is 0.844 bits per heavy atom. The first-order chi connectivity index (χ1) is 15.8. The van der Waals surface area contributed by atoms with Crippen molar-refractivity contribution in [3.8, 4) is 17.6 Å². The Morgan fingerprint density at radius 2 is 1.56 bits per heavy atom. The predicted octanol–water partition coefficient (Wildman–Crippen LogP) is 9.09. The van der Waals surface area contributed by atoms with Gasteiger partial charge < -0.3 is 4.74 Å². The number of hydrogen-bond donors (Lipinski definition) is 0. The van der Waals surface area contributed by atoms with Gasteiger partial charge in [0.25, 0.3) is 0 Å². The summed E-state index contributed by atoms with van der Waals surface area (Å²) in [5, 5.41) is 0. The van der Waals surface area contributed by atoms with Crippen LogP contribution in [0.2, 0.25) is 0 Å². The van der Waals surface area contributed by atoms with Gasteiger partial charge in [-0.15, -0.1) is 0 Å². The second-order valence-electron chi connectivity index (χ2n) is 10.2. The van der Waals surface area contributed by atoms with Gasteiger partial charge in [-0.2, -0.15) is 0 Å². The van der Waals surface area contributed by atoms with Crippen LogP contribution in [0.15, 0.2) is 36.4 Å². The molecule has 2 aliphatic carbocycles. The highest BCUT2D eigenvalue weighted by Gasteiger charge is 2.21. The van der Waals surface area contributed by atoms with Crippen molar-refractivity contribution in [2.75, 3.05) is 6.61 Å². The maximum atomic E-state index is 5.80. The fourth-order valence-corrected chi connectivity index (χ4v) is 5.44. The van der Waals surface area contributed by atoms with Gasteiger partial charge >= 0.3 is 0 Å². The fourth-order valence-electron chi connectivity index (χ4n) is 5.44. The largest absolute Gasteiger partial charge is 0.494 e. The van der Waals surface area contributed by atoms with Crippen LogP contribution in [0.4, 0.5) is 0 Å². The third-order valence-corrected chi connectivity index (χ3v) is 7.69. The summed E-state index contributed by atoms with van der Waals surface area (Å²) in [5.41, 5.74) is 1.48. The van der Waals surface area contributed by atoms with E-state index in [9.17, 15) is 0 Å². The Balaban J connectivity index is 1.33. The molecular weight excluding hydrogens is 388 g/mol. The summed E-state index contributed by atoms with van der Waals surface area (Å²) in [4.78, 5) is 0. The topological polar surface area (TPSA) is 9.23 Å². The van der Waals surface area contributed by atoms with Crippen molar-refractivity contribution in [1.82, 2.24) is 0 Å². The molecule has 0 spiro atoms. The lowest BCUT2D eigenvalue weighted by Gasteiger charge is -2.26. The van der Waals surface area contributed by atoms with Gasteiger partial charge in [0.2, 0.25) is 0 Å². The van der Waals surface area contributed by atoms with Crippen LogP contribution in [-0.4, -0.2) is 6.61 Å². The summed E-state index contributed by atoms with van der Waals surface area (Å²) in [7, 11) is 0. The highest BCUT2D eigenvalue weighted by atomic mass is 16.5. The summed E-state index contributed by atoms with van der Waals surface area (Å²) in [6.45, 7) is 5.33. The molecule has 0 aromatic heterocycles. The molecule has 2 aliphatic rings. The van der Waals surface area contributed by atoms with Crippen molar-refractivity contribution in [3.63, 3.8) is 0 Å². The Labute approximate surface area is 198 Å². The fraction of sp³-hybridized carbons (Fsp3) is 0.677. The molecule has 1 nitrogen and oxygen atoms in total. The average molecular weight is 435 g/mol. The average Bonchev–Trinajstić information content (AvgIpc) is 2.84. The monoisotopic (exact) mass is 434 g/mol. The van der Waals surface area contributed by atoms with Gasteiger partial charge in [0.1, 0.15) is 5.75 Å². The first kappa shape index (κ1) is 25.0. The number of allylic oxidation sites excluding steroid dienone is 2. The SMILES string of the molecule is CCCCCC1CCC(C=CC#CC2CCC(c3ccc(OCCCC)cc3)CC2)CC1. The molecule has 1 aromatic carbocycles. The molecule has 3 rings (SSSR count). The lowest BCUT2D eigenvalue weighted by atomic mass is 9.79. The lowest BCUT2D eigenvalue weighted by molar-refractivity contribution is 0.289. The minimum atomic E-state index is 0.585. The normalized spacial score (nSPS) is 25.9. The molecule has 2 fully saturated rings. The summed E-state index contributed by atoms with van der Waals surface area (Å²) in [6, 6.07) is 8.86. The zero-order valence-corrected chi connectivity index (χ0v) is 20.8. The van der Waals surface area contributed by atoms with E-state index in [4.69, 9.17) is 4.74 Å². The van der Waals surface area contributed by atoms with E-state index < -0.39 is 0 Å². The second-order valence-corrected chi connectivity index (χ2v) is 10.2. The van der Waals surface area contributed by atoms with E-state index >= 15 is 0 Å². The van der Waals surface area contributed by atoms with E-state index in [1.807, 2.05) is 0 Å². The third kappa shape index (κ3) is 8.69. The van der Waals surface area contributed by atoms with Gasteiger partial charge in [0.15, 0.2) is 0 Å². The van der Waals surface area contributed by atoms with Crippen LogP contribution in [0, 0.1) is 29.6 Å². The standard InChI is InChI=1S/C31H46O/c1-3-5-7-10-26-13-15-27(16-14-26)11-8-9-12-28-17-19-29(20-18-28)30-21-23-31(24-22-30)32-25-6-4-2/h8,11,21-24,26-29H,3-7,10,13-20,25H2,1-2H3. The Kier molecular flexibility index (Phi) is 11.3. The molecule has 2 saturated carbocycles. The van der Waals surface area contributed by atoms with Crippen molar-refractivity contribution in [3.05, 3.63) is 42.0 Å². The van der Waals surface area contributed by atoms with Crippen LogP contribution in [0.25, 0.3) is 0 Å². The molecule has 1 heteroatoms. The minimum absolute atomic E-state index is 0.585. The van der Waals surface area contributed by atoms with Crippen molar-refractivity contribution in [1.29, 1.82) is 0 Å². The highest BCUT2D eigenvalue weighted by molar-refractivity contribution is 5.30. The van der Waals surface area contributed by atoms with Crippen LogP contribution >= 0.6 is 0 Å². The summed E-state index contributed by atoms with van der Waals surface area (Å²) < 4.78 is 5.80. The summed E-state index contributed by atoms with van der Waals surface area (Å²) >= 11 is 0. The molecular formula is C31H46O. The zero-order chi connectivity index (χ0) is 22.4. The van der Waals surface area contributed by atoms with Gasteiger partial charge in [-0.1, -0.05) is 76.0 Å². The van der Waals surface area contributed by atoms with Gasteiger partial charge in [-0.3, -0.25) is 0 Å². The lowest BCUT2D eigenvalue weighted by Crippen LogP contribution is -2.13. The summed E-state index contributed by atoms with van der Waals surface area (Å²) in [5.74, 6) is 11.0. The van der Waals surface area contributed by atoms with Crippen LogP contribution in [0.5, 0.6) is 5.75 Å². The molecule has 0 N–H and O–H groups in total. The van der Waals surface area contributed by atoms with Gasteiger partial charge in [0.05, 0.1) is 6.61 Å². The van der Waals surface area contributed by atoms with Crippen molar-refractivity contribution >= 4 is 0 Å². The number of rotatable bonds is 10. The summed E-state index contributed by atoms with van der Waals surface area (Å²) in [6.07, 6.45) is 23.2. The zero-order valence-electron chi connectivity index (χ0n) is 20.8. The van der Waals surface area contributed by atoms with E-state index in [1.54, 1.807) is 0 Å². The maximum Gasteiger partial charge on any atom is 0.119 e. The molecule has 1 aromatic rings. The quantitative estimate of drug-likeness (QED) is 0.263. The number of unbranched alkanes of at least 4 members (excludes halogenated alkanes) is 3. The van der Waals surface area contributed by atoms with E-state index in [-0.39, 0.29) is 0 Å². The van der Waals surface area contributed by atoms with Gasteiger partial charge in [-0.05, 0) is 99.3 Å². The third-order valence-electron chi connectivity index (χ3n) is 7.69. The van der Waals surface area contributed by atoms with Gasteiger partial charge in [0, 0.05) is 5.92 Å². The molecule has 0 heterocycles. The molecule has 176 valence electrons. The van der Waals surface area contributed by atoms with E-state index in [0.29, 0.717) is 11.8 Å². The van der Waals surface area contributed by atoms with Crippen LogP contribution in [-0.2, 0) is 0 Å². The van der Waals surface area contributed by atoms with Crippen molar-refractivity contribution < 1.29 is 4.74 Å². The highest BCUT2D eigenvalue weighted by Crippen LogP contribution is 2.36. The second kappa shape index (κ2) is 14.5. The Bertz CT molecular complexity index is 703. The molecule has 0 radical (unpaired) electrons. The molecule has 0 atom stereocenters. The molecule has 0 saturated heterocycles. The molecule has 0 amide bonds. The maximum absolute atomic E-state index is 5.80. The first-order valence-electron chi connectivity index (χ1n) is 13.7. The van der Waals surface area contributed by atoms with E-state index in [1.165, 1.54) is 89.0 Å². The van der Waals surface area contributed by atoms with Crippen LogP contribution < -0.4 is 4.74 Å².